The summed E-state index contributed by atoms with van der Waals surface area (Å²) in [5.41, 5.74) is 0. The van der Waals surface area contributed by atoms with Crippen molar-refractivity contribution in [2.45, 2.75) is 84.5 Å². The van der Waals surface area contributed by atoms with Gasteiger partial charge in [-0.05, 0) is 32.6 Å². The number of likely N-dealkylation sites (N-methyl/N-ethyl adjacent to an activating group) is 1. The molecule has 1 atom stereocenters. The largest absolute Gasteiger partial charge is 0.390 e. The Morgan fingerprint density at radius 1 is 0.958 bits per heavy atom. The number of unbranched alkanes of at least 4 members (excludes halogenated alkanes) is 8. The van der Waals surface area contributed by atoms with Gasteiger partial charge in [-0.1, -0.05) is 57.6 Å². The average Bonchev–Trinajstić information content (AvgIpc) is 2.99. The highest BCUT2D eigenvalue weighted by Gasteiger charge is 2.35. The lowest BCUT2D eigenvalue weighted by atomic mass is 10.1. The minimum Gasteiger partial charge on any atom is -0.390 e. The number of quaternary nitrogens is 1. The molecule has 0 spiro atoms. The normalized spacial score (nSPS) is 20.9. The number of allylic oxidation sites excluding steroid dienone is 2. The van der Waals surface area contributed by atoms with E-state index in [0.717, 1.165) is 37.1 Å². The highest BCUT2D eigenvalue weighted by molar-refractivity contribution is 5.76. The third kappa shape index (κ3) is 7.94. The van der Waals surface area contributed by atoms with E-state index in [4.69, 9.17) is 4.99 Å². The standard InChI is InChI=1S/C21H41N2O/c1-3-5-6-7-8-9-10-11-12-13-14-15-16-21-22-17-18-23(21,4-2)19-20-24/h7-8,24H,3-6,9-20H2,1-2H3/q+1/b8-7+. The maximum absolute atomic E-state index is 9.34. The molecule has 3 heteroatoms. The minimum absolute atomic E-state index is 0.278. The summed E-state index contributed by atoms with van der Waals surface area (Å²) in [5, 5.41) is 9.34. The van der Waals surface area contributed by atoms with Crippen LogP contribution in [0.25, 0.3) is 0 Å². The summed E-state index contributed by atoms with van der Waals surface area (Å²) < 4.78 is 0.945. The van der Waals surface area contributed by atoms with Crippen LogP contribution < -0.4 is 0 Å². The van der Waals surface area contributed by atoms with Crippen LogP contribution in [0.2, 0.25) is 0 Å². The third-order valence-corrected chi connectivity index (χ3v) is 5.42. The molecular weight excluding hydrogens is 296 g/mol. The number of aliphatic imine (C=N–C) groups is 1. The molecule has 1 rings (SSSR count). The van der Waals surface area contributed by atoms with Crippen molar-refractivity contribution in [3.63, 3.8) is 0 Å². The fourth-order valence-corrected chi connectivity index (χ4v) is 3.71. The fraction of sp³-hybridized carbons (Fsp3) is 0.857. The second-order valence-electron chi connectivity index (χ2n) is 7.20. The van der Waals surface area contributed by atoms with E-state index in [0.29, 0.717) is 0 Å². The monoisotopic (exact) mass is 337 g/mol. The average molecular weight is 338 g/mol. The van der Waals surface area contributed by atoms with Gasteiger partial charge in [0.15, 0.2) is 5.84 Å². The number of nitrogens with zero attached hydrogens (tertiary/aromatic N) is 2. The van der Waals surface area contributed by atoms with E-state index in [1.54, 1.807) is 0 Å². The van der Waals surface area contributed by atoms with Gasteiger partial charge in [-0.25, -0.2) is 4.99 Å². The molecule has 24 heavy (non-hydrogen) atoms. The van der Waals surface area contributed by atoms with Gasteiger partial charge in [0.1, 0.15) is 13.1 Å². The molecule has 140 valence electrons. The van der Waals surface area contributed by atoms with E-state index in [1.165, 1.54) is 70.0 Å². The molecule has 0 aliphatic carbocycles. The van der Waals surface area contributed by atoms with Crippen LogP contribution in [0.1, 0.15) is 84.5 Å². The molecule has 1 unspecified atom stereocenters. The van der Waals surface area contributed by atoms with Crippen LogP contribution in [0, 0.1) is 0 Å². The molecule has 1 N–H and O–H groups in total. The summed E-state index contributed by atoms with van der Waals surface area (Å²) in [7, 11) is 0. The molecule has 1 aliphatic heterocycles. The second kappa shape index (κ2) is 13.6. The van der Waals surface area contributed by atoms with Crippen LogP contribution in [-0.2, 0) is 0 Å². The first-order valence-electron chi connectivity index (χ1n) is 10.4. The third-order valence-electron chi connectivity index (χ3n) is 5.42. The Labute approximate surface area is 150 Å². The highest BCUT2D eigenvalue weighted by Crippen LogP contribution is 2.19. The van der Waals surface area contributed by atoms with E-state index < -0.39 is 0 Å². The maximum Gasteiger partial charge on any atom is 0.198 e. The van der Waals surface area contributed by atoms with Gasteiger partial charge >= 0.3 is 0 Å². The SMILES string of the molecule is CCCC/C=C/CCCCCCCCC1=NCC[N+]1(CC)CCO. The van der Waals surface area contributed by atoms with Gasteiger partial charge in [0.05, 0.1) is 19.7 Å². The molecule has 1 heterocycles. The van der Waals surface area contributed by atoms with Gasteiger partial charge < -0.3 is 5.11 Å². The zero-order valence-electron chi connectivity index (χ0n) is 16.3. The first kappa shape index (κ1) is 21.4. The molecule has 0 aromatic carbocycles. The lowest BCUT2D eigenvalue weighted by Gasteiger charge is -2.33. The van der Waals surface area contributed by atoms with Crippen LogP contribution in [0.4, 0.5) is 0 Å². The van der Waals surface area contributed by atoms with Crippen molar-refractivity contribution >= 4 is 5.84 Å². The van der Waals surface area contributed by atoms with Gasteiger partial charge in [0.25, 0.3) is 0 Å². The molecule has 0 aromatic rings. The Morgan fingerprint density at radius 2 is 1.62 bits per heavy atom. The molecule has 0 saturated carbocycles. The van der Waals surface area contributed by atoms with E-state index in [9.17, 15) is 5.11 Å². The van der Waals surface area contributed by atoms with Crippen LogP contribution in [0.3, 0.4) is 0 Å². The van der Waals surface area contributed by atoms with Gasteiger partial charge in [-0.3, -0.25) is 4.48 Å². The minimum atomic E-state index is 0.278. The van der Waals surface area contributed by atoms with E-state index in [1.807, 2.05) is 0 Å². The zero-order chi connectivity index (χ0) is 17.5. The summed E-state index contributed by atoms with van der Waals surface area (Å²) in [6.07, 6.45) is 19.1. The van der Waals surface area contributed by atoms with Crippen molar-refractivity contribution in [1.82, 2.24) is 0 Å². The maximum atomic E-state index is 9.34. The number of rotatable bonds is 15. The van der Waals surface area contributed by atoms with Crippen molar-refractivity contribution in [1.29, 1.82) is 0 Å². The number of aliphatic hydroxyl groups is 1. The first-order valence-corrected chi connectivity index (χ1v) is 10.4. The lowest BCUT2D eigenvalue weighted by molar-refractivity contribution is -0.835. The molecule has 0 saturated heterocycles. The summed E-state index contributed by atoms with van der Waals surface area (Å²) >= 11 is 0. The fourth-order valence-electron chi connectivity index (χ4n) is 3.71. The summed E-state index contributed by atoms with van der Waals surface area (Å²) in [6, 6.07) is 0. The Morgan fingerprint density at radius 3 is 2.29 bits per heavy atom. The molecular formula is C21H41N2O+. The summed E-state index contributed by atoms with van der Waals surface area (Å²) in [5.74, 6) is 1.35. The Bertz CT molecular complexity index is 365. The molecule has 1 aliphatic rings. The first-order chi connectivity index (χ1) is 11.8. The lowest BCUT2D eigenvalue weighted by Crippen LogP contribution is -2.52. The predicted octanol–water partition coefficient (Wildman–Crippen LogP) is 5.09. The molecule has 0 aromatic heterocycles. The predicted molar refractivity (Wildman–Crippen MR) is 106 cm³/mol. The number of aliphatic hydroxyl groups excluding tert-OH is 1. The topological polar surface area (TPSA) is 32.6 Å². The van der Waals surface area contributed by atoms with Crippen LogP contribution >= 0.6 is 0 Å². The highest BCUT2D eigenvalue weighted by atomic mass is 16.3. The summed E-state index contributed by atoms with van der Waals surface area (Å²) in [6.45, 7) is 8.73. The van der Waals surface area contributed by atoms with Crippen LogP contribution in [0.15, 0.2) is 17.1 Å². The molecule has 0 bridgehead atoms. The van der Waals surface area contributed by atoms with Crippen molar-refractivity contribution in [3.8, 4) is 0 Å². The summed E-state index contributed by atoms with van der Waals surface area (Å²) in [4.78, 5) is 4.74. The number of amidine groups is 1. The smallest absolute Gasteiger partial charge is 0.198 e. The Kier molecular flexibility index (Phi) is 12.1. The second-order valence-corrected chi connectivity index (χ2v) is 7.20. The van der Waals surface area contributed by atoms with Crippen molar-refractivity contribution in [2.75, 3.05) is 32.8 Å². The Balaban J connectivity index is 2.01. The molecule has 0 amide bonds. The van der Waals surface area contributed by atoms with Gasteiger partial charge in [-0.2, -0.15) is 0 Å². The van der Waals surface area contributed by atoms with Crippen molar-refractivity contribution in [3.05, 3.63) is 12.2 Å². The van der Waals surface area contributed by atoms with E-state index in [-0.39, 0.29) is 6.61 Å². The van der Waals surface area contributed by atoms with E-state index in [2.05, 4.69) is 26.0 Å². The van der Waals surface area contributed by atoms with Crippen LogP contribution in [-0.4, -0.2) is 48.2 Å². The zero-order valence-corrected chi connectivity index (χ0v) is 16.3. The van der Waals surface area contributed by atoms with E-state index >= 15 is 0 Å². The quantitative estimate of drug-likeness (QED) is 0.252. The van der Waals surface area contributed by atoms with Crippen molar-refractivity contribution < 1.29 is 9.59 Å². The molecule has 0 fully saturated rings. The van der Waals surface area contributed by atoms with Crippen LogP contribution in [0.5, 0.6) is 0 Å². The number of hydrogen-bond donors (Lipinski definition) is 1. The Hall–Kier alpha value is -0.670. The van der Waals surface area contributed by atoms with Gasteiger partial charge in [0, 0.05) is 6.42 Å². The van der Waals surface area contributed by atoms with Crippen molar-refractivity contribution in [2.24, 2.45) is 4.99 Å². The molecule has 0 radical (unpaired) electrons. The van der Waals surface area contributed by atoms with Gasteiger partial charge in [0.2, 0.25) is 0 Å². The number of hydrogen-bond acceptors (Lipinski definition) is 2. The molecule has 3 nitrogen and oxygen atoms in total. The van der Waals surface area contributed by atoms with Gasteiger partial charge in [-0.15, -0.1) is 0 Å².